The smallest absolute Gasteiger partial charge is 0.271 e. The zero-order chi connectivity index (χ0) is 14.0. The molecule has 0 saturated carbocycles. The fourth-order valence-electron chi connectivity index (χ4n) is 1.81. The third-order valence-electron chi connectivity index (χ3n) is 2.81. The summed E-state index contributed by atoms with van der Waals surface area (Å²) in [6.45, 7) is 4.95. The largest absolute Gasteiger partial charge is 0.345 e. The zero-order valence-corrected chi connectivity index (χ0v) is 11.9. The molecule has 0 spiro atoms. The Balaban J connectivity index is 2.05. The Morgan fingerprint density at radius 2 is 2.21 bits per heavy atom. The molecular weight excluding hydrogens is 266 g/mol. The molecule has 7 heteroatoms. The third kappa shape index (κ3) is 2.78. The van der Waals surface area contributed by atoms with Gasteiger partial charge in [-0.25, -0.2) is 0 Å². The molecule has 0 atom stereocenters. The maximum absolute atomic E-state index is 12.1. The highest BCUT2D eigenvalue weighted by molar-refractivity contribution is 6.34. The molecule has 0 saturated heterocycles. The molecule has 2 rings (SSSR count). The minimum Gasteiger partial charge on any atom is -0.345 e. The van der Waals surface area contributed by atoms with E-state index in [1.807, 2.05) is 23.9 Å². The van der Waals surface area contributed by atoms with Crippen molar-refractivity contribution in [3.63, 3.8) is 0 Å². The van der Waals surface area contributed by atoms with Crippen LogP contribution in [0.5, 0.6) is 0 Å². The van der Waals surface area contributed by atoms with Crippen molar-refractivity contribution in [2.45, 2.75) is 26.9 Å². The number of nitrogens with one attached hydrogen (secondary N) is 1. The lowest BCUT2D eigenvalue weighted by Crippen LogP contribution is -2.25. The number of aromatic nitrogens is 4. The number of aryl methyl sites for hydroxylation is 3. The fraction of sp³-hybridized carbons (Fsp3) is 0.417. The summed E-state index contributed by atoms with van der Waals surface area (Å²) in [5.41, 5.74) is 1.82. The van der Waals surface area contributed by atoms with Crippen LogP contribution < -0.4 is 5.32 Å². The first kappa shape index (κ1) is 13.6. The first-order valence-electron chi connectivity index (χ1n) is 6.02. The van der Waals surface area contributed by atoms with Gasteiger partial charge in [-0.15, -0.1) is 0 Å². The molecule has 2 aromatic heterocycles. The van der Waals surface area contributed by atoms with E-state index in [4.69, 9.17) is 11.6 Å². The highest BCUT2D eigenvalue weighted by atomic mass is 35.5. The molecule has 2 heterocycles. The molecule has 6 nitrogen and oxygen atoms in total. The van der Waals surface area contributed by atoms with Gasteiger partial charge in [-0.3, -0.25) is 14.2 Å². The van der Waals surface area contributed by atoms with Crippen molar-refractivity contribution in [2.75, 3.05) is 0 Å². The molecular formula is C12H16ClN5O. The highest BCUT2D eigenvalue weighted by Gasteiger charge is 2.18. The van der Waals surface area contributed by atoms with E-state index in [9.17, 15) is 4.79 Å². The van der Waals surface area contributed by atoms with Gasteiger partial charge in [-0.1, -0.05) is 11.6 Å². The minimum atomic E-state index is -0.251. The number of hydrogen-bond donors (Lipinski definition) is 1. The quantitative estimate of drug-likeness (QED) is 0.924. The van der Waals surface area contributed by atoms with Crippen LogP contribution in [0, 0.1) is 6.92 Å². The molecule has 0 aliphatic carbocycles. The van der Waals surface area contributed by atoms with Gasteiger partial charge < -0.3 is 5.32 Å². The summed E-state index contributed by atoms with van der Waals surface area (Å²) in [4.78, 5) is 12.1. The van der Waals surface area contributed by atoms with E-state index in [0.29, 0.717) is 23.0 Å². The van der Waals surface area contributed by atoms with Gasteiger partial charge in [0.1, 0.15) is 5.69 Å². The molecule has 19 heavy (non-hydrogen) atoms. The predicted molar refractivity (Wildman–Crippen MR) is 72.0 cm³/mol. The summed E-state index contributed by atoms with van der Waals surface area (Å²) in [7, 11) is 1.69. The second-order valence-corrected chi connectivity index (χ2v) is 4.60. The molecule has 0 aliphatic heterocycles. The Hall–Kier alpha value is -1.82. The molecule has 102 valence electrons. The second-order valence-electron chi connectivity index (χ2n) is 4.22. The Morgan fingerprint density at radius 3 is 2.74 bits per heavy atom. The fourth-order valence-corrected chi connectivity index (χ4v) is 2.05. The van der Waals surface area contributed by atoms with Crippen molar-refractivity contribution in [1.29, 1.82) is 0 Å². The Labute approximate surface area is 116 Å². The first-order valence-corrected chi connectivity index (χ1v) is 6.40. The van der Waals surface area contributed by atoms with Gasteiger partial charge in [0.25, 0.3) is 5.91 Å². The summed E-state index contributed by atoms with van der Waals surface area (Å²) >= 11 is 6.05. The van der Waals surface area contributed by atoms with Gasteiger partial charge in [0.05, 0.1) is 23.0 Å². The van der Waals surface area contributed by atoms with Gasteiger partial charge in [0, 0.05) is 19.8 Å². The van der Waals surface area contributed by atoms with Gasteiger partial charge in [-0.05, 0) is 19.9 Å². The molecule has 0 unspecified atom stereocenters. The monoisotopic (exact) mass is 281 g/mol. The van der Waals surface area contributed by atoms with Crippen LogP contribution in [0.1, 0.15) is 28.8 Å². The summed E-state index contributed by atoms with van der Waals surface area (Å²) < 4.78 is 3.29. The first-order chi connectivity index (χ1) is 9.02. The molecule has 0 aliphatic rings. The lowest BCUT2D eigenvalue weighted by Gasteiger charge is -2.04. The highest BCUT2D eigenvalue weighted by Crippen LogP contribution is 2.19. The average molecular weight is 282 g/mol. The Kier molecular flexibility index (Phi) is 3.90. The summed E-state index contributed by atoms with van der Waals surface area (Å²) in [6, 6.07) is 1.87. The normalized spacial score (nSPS) is 10.7. The van der Waals surface area contributed by atoms with E-state index in [1.54, 1.807) is 14.0 Å². The van der Waals surface area contributed by atoms with Crippen molar-refractivity contribution in [3.05, 3.63) is 34.4 Å². The molecule has 2 aromatic rings. The van der Waals surface area contributed by atoms with Crippen LogP contribution in [0.2, 0.25) is 5.02 Å². The van der Waals surface area contributed by atoms with Crippen LogP contribution in [-0.4, -0.2) is 25.5 Å². The number of halogens is 1. The summed E-state index contributed by atoms with van der Waals surface area (Å²) in [6.07, 6.45) is 1.88. The maximum atomic E-state index is 12.1. The van der Waals surface area contributed by atoms with Crippen LogP contribution in [0.3, 0.4) is 0 Å². The molecule has 0 aromatic carbocycles. The van der Waals surface area contributed by atoms with E-state index >= 15 is 0 Å². The lowest BCUT2D eigenvalue weighted by molar-refractivity contribution is 0.0941. The zero-order valence-electron chi connectivity index (χ0n) is 11.1. The van der Waals surface area contributed by atoms with E-state index < -0.39 is 0 Å². The Morgan fingerprint density at radius 1 is 1.47 bits per heavy atom. The number of nitrogens with zero attached hydrogens (tertiary/aromatic N) is 4. The summed E-state index contributed by atoms with van der Waals surface area (Å²) in [5.74, 6) is -0.251. The van der Waals surface area contributed by atoms with E-state index in [0.717, 1.165) is 12.2 Å². The predicted octanol–water partition coefficient (Wildman–Crippen LogP) is 1.53. The number of carbonyl (C=O) groups excluding carboxylic acids is 1. The molecule has 1 amide bonds. The minimum absolute atomic E-state index is 0.251. The third-order valence-corrected chi connectivity index (χ3v) is 3.27. The number of carbonyl (C=O) groups is 1. The van der Waals surface area contributed by atoms with E-state index in [2.05, 4.69) is 15.5 Å². The van der Waals surface area contributed by atoms with Crippen LogP contribution in [-0.2, 0) is 20.1 Å². The number of hydrogen-bond acceptors (Lipinski definition) is 3. The van der Waals surface area contributed by atoms with Crippen molar-refractivity contribution in [2.24, 2.45) is 7.05 Å². The van der Waals surface area contributed by atoms with Gasteiger partial charge in [-0.2, -0.15) is 10.2 Å². The SMILES string of the molecule is CCn1ccc(CNC(=O)c2c(Cl)c(C)nn2C)n1. The van der Waals surface area contributed by atoms with E-state index in [-0.39, 0.29) is 5.91 Å². The van der Waals surface area contributed by atoms with Crippen molar-refractivity contribution in [3.8, 4) is 0 Å². The average Bonchev–Trinajstić information content (AvgIpc) is 2.93. The van der Waals surface area contributed by atoms with E-state index in [1.165, 1.54) is 4.68 Å². The van der Waals surface area contributed by atoms with Gasteiger partial charge >= 0.3 is 0 Å². The second kappa shape index (κ2) is 5.44. The molecule has 0 fully saturated rings. The van der Waals surface area contributed by atoms with Gasteiger partial charge in [0.15, 0.2) is 0 Å². The van der Waals surface area contributed by atoms with Crippen LogP contribution in [0.25, 0.3) is 0 Å². The van der Waals surface area contributed by atoms with Crippen molar-refractivity contribution < 1.29 is 4.79 Å². The standard InChI is InChI=1S/C12H16ClN5O/c1-4-18-6-5-9(16-18)7-14-12(19)11-10(13)8(2)15-17(11)3/h5-6H,4,7H2,1-3H3,(H,14,19). The number of amides is 1. The summed E-state index contributed by atoms with van der Waals surface area (Å²) in [5, 5.41) is 11.6. The maximum Gasteiger partial charge on any atom is 0.271 e. The van der Waals surface area contributed by atoms with Crippen molar-refractivity contribution in [1.82, 2.24) is 24.9 Å². The lowest BCUT2D eigenvalue weighted by atomic mass is 10.3. The molecule has 1 N–H and O–H groups in total. The molecule has 0 radical (unpaired) electrons. The van der Waals surface area contributed by atoms with Crippen LogP contribution >= 0.6 is 11.6 Å². The molecule has 0 bridgehead atoms. The van der Waals surface area contributed by atoms with Gasteiger partial charge in [0.2, 0.25) is 0 Å². The van der Waals surface area contributed by atoms with Crippen LogP contribution in [0.4, 0.5) is 0 Å². The van der Waals surface area contributed by atoms with Crippen molar-refractivity contribution >= 4 is 17.5 Å². The topological polar surface area (TPSA) is 64.7 Å². The number of rotatable bonds is 4. The van der Waals surface area contributed by atoms with Crippen LogP contribution in [0.15, 0.2) is 12.3 Å². The Bertz CT molecular complexity index is 601.